The van der Waals surface area contributed by atoms with E-state index in [0.717, 1.165) is 6.54 Å². The molecule has 1 amide bonds. The van der Waals surface area contributed by atoms with Gasteiger partial charge in [0.15, 0.2) is 0 Å². The molecule has 94 valence electrons. The van der Waals surface area contributed by atoms with Crippen molar-refractivity contribution in [2.24, 2.45) is 0 Å². The van der Waals surface area contributed by atoms with Crippen LogP contribution in [0.5, 0.6) is 0 Å². The lowest BCUT2D eigenvalue weighted by atomic mass is 10.2. The molecule has 0 aliphatic rings. The topological polar surface area (TPSA) is 41.1 Å². The smallest absolute Gasteiger partial charge is 0.252 e. The van der Waals surface area contributed by atoms with Gasteiger partial charge in [0, 0.05) is 17.6 Å². The van der Waals surface area contributed by atoms with E-state index >= 15 is 0 Å². The van der Waals surface area contributed by atoms with Crippen LogP contribution in [0.3, 0.4) is 0 Å². The fraction of sp³-hybridized carbons (Fsp3) is 0.417. The monoisotopic (exact) mass is 274 g/mol. The van der Waals surface area contributed by atoms with Crippen molar-refractivity contribution in [3.63, 3.8) is 0 Å². The maximum Gasteiger partial charge on any atom is 0.252 e. The SMILES string of the molecule is CCN[C@H](C)CNC(=O)c1ccc(Cl)cc1Cl. The number of carbonyl (C=O) groups excluding carboxylic acids is 1. The highest BCUT2D eigenvalue weighted by atomic mass is 35.5. The summed E-state index contributed by atoms with van der Waals surface area (Å²) in [5, 5.41) is 6.91. The van der Waals surface area contributed by atoms with Crippen LogP contribution in [0, 0.1) is 0 Å². The Morgan fingerprint density at radius 3 is 2.71 bits per heavy atom. The molecular weight excluding hydrogens is 259 g/mol. The number of halogens is 2. The summed E-state index contributed by atoms with van der Waals surface area (Å²) in [4.78, 5) is 11.8. The van der Waals surface area contributed by atoms with E-state index in [1.807, 2.05) is 13.8 Å². The minimum Gasteiger partial charge on any atom is -0.350 e. The molecule has 0 saturated carbocycles. The van der Waals surface area contributed by atoms with Crippen LogP contribution in [0.15, 0.2) is 18.2 Å². The van der Waals surface area contributed by atoms with Crippen molar-refractivity contribution in [1.82, 2.24) is 10.6 Å². The number of likely N-dealkylation sites (N-methyl/N-ethyl adjacent to an activating group) is 1. The van der Waals surface area contributed by atoms with E-state index in [4.69, 9.17) is 23.2 Å². The molecule has 1 aromatic rings. The highest BCUT2D eigenvalue weighted by molar-refractivity contribution is 6.36. The molecule has 0 spiro atoms. The van der Waals surface area contributed by atoms with Gasteiger partial charge in [0.1, 0.15) is 0 Å². The first-order valence-corrected chi connectivity index (χ1v) is 6.26. The Kier molecular flexibility index (Phi) is 5.75. The van der Waals surface area contributed by atoms with Gasteiger partial charge in [-0.25, -0.2) is 0 Å². The standard InChI is InChI=1S/C12H16Cl2N2O/c1-3-15-8(2)7-16-12(17)10-5-4-9(13)6-11(10)14/h4-6,8,15H,3,7H2,1-2H3,(H,16,17)/t8-/m1/s1. The fourth-order valence-electron chi connectivity index (χ4n) is 1.44. The Morgan fingerprint density at radius 2 is 2.12 bits per heavy atom. The highest BCUT2D eigenvalue weighted by Gasteiger charge is 2.11. The number of benzene rings is 1. The quantitative estimate of drug-likeness (QED) is 0.867. The number of nitrogens with one attached hydrogen (secondary N) is 2. The lowest BCUT2D eigenvalue weighted by Crippen LogP contribution is -2.38. The summed E-state index contributed by atoms with van der Waals surface area (Å²) < 4.78 is 0. The summed E-state index contributed by atoms with van der Waals surface area (Å²) in [5.74, 6) is -0.184. The van der Waals surface area contributed by atoms with Gasteiger partial charge in [-0.3, -0.25) is 4.79 Å². The predicted octanol–water partition coefficient (Wildman–Crippen LogP) is 2.72. The third kappa shape index (κ3) is 4.54. The molecule has 0 bridgehead atoms. The average molecular weight is 275 g/mol. The minimum atomic E-state index is -0.184. The predicted molar refractivity (Wildman–Crippen MR) is 71.9 cm³/mol. The second kappa shape index (κ2) is 6.84. The van der Waals surface area contributed by atoms with Crippen molar-refractivity contribution >= 4 is 29.1 Å². The lowest BCUT2D eigenvalue weighted by Gasteiger charge is -2.13. The van der Waals surface area contributed by atoms with Gasteiger partial charge in [-0.05, 0) is 31.7 Å². The van der Waals surface area contributed by atoms with Gasteiger partial charge in [-0.1, -0.05) is 30.1 Å². The zero-order valence-corrected chi connectivity index (χ0v) is 11.4. The summed E-state index contributed by atoms with van der Waals surface area (Å²) in [6.45, 7) is 5.46. The zero-order chi connectivity index (χ0) is 12.8. The van der Waals surface area contributed by atoms with Gasteiger partial charge < -0.3 is 10.6 Å². The Balaban J connectivity index is 2.58. The molecule has 1 rings (SSSR count). The Bertz CT molecular complexity index is 396. The highest BCUT2D eigenvalue weighted by Crippen LogP contribution is 2.20. The third-order valence-electron chi connectivity index (χ3n) is 2.30. The molecule has 0 aliphatic heterocycles. The zero-order valence-electron chi connectivity index (χ0n) is 9.89. The van der Waals surface area contributed by atoms with Gasteiger partial charge in [-0.15, -0.1) is 0 Å². The van der Waals surface area contributed by atoms with Crippen LogP contribution >= 0.6 is 23.2 Å². The van der Waals surface area contributed by atoms with Crippen LogP contribution in [0.2, 0.25) is 10.0 Å². The maximum atomic E-state index is 11.8. The summed E-state index contributed by atoms with van der Waals surface area (Å²) in [6, 6.07) is 5.06. The van der Waals surface area contributed by atoms with E-state index in [1.165, 1.54) is 0 Å². The molecule has 17 heavy (non-hydrogen) atoms. The first-order chi connectivity index (χ1) is 8.04. The number of hydrogen-bond donors (Lipinski definition) is 2. The molecule has 0 unspecified atom stereocenters. The van der Waals surface area contributed by atoms with Crippen LogP contribution < -0.4 is 10.6 Å². The van der Waals surface area contributed by atoms with Gasteiger partial charge in [0.05, 0.1) is 10.6 Å². The summed E-state index contributed by atoms with van der Waals surface area (Å²) in [6.07, 6.45) is 0. The van der Waals surface area contributed by atoms with Gasteiger partial charge in [0.2, 0.25) is 0 Å². The molecule has 5 heteroatoms. The van der Waals surface area contributed by atoms with Crippen LogP contribution in [-0.4, -0.2) is 25.0 Å². The number of hydrogen-bond acceptors (Lipinski definition) is 2. The average Bonchev–Trinajstić information content (AvgIpc) is 2.26. The molecule has 0 fully saturated rings. The minimum absolute atomic E-state index is 0.184. The van der Waals surface area contributed by atoms with Crippen molar-refractivity contribution in [3.05, 3.63) is 33.8 Å². The number of amides is 1. The second-order valence-electron chi connectivity index (χ2n) is 3.79. The molecule has 2 N–H and O–H groups in total. The van der Waals surface area contributed by atoms with Crippen LogP contribution in [0.1, 0.15) is 24.2 Å². The Labute approximate surface area is 111 Å². The summed E-state index contributed by atoms with van der Waals surface area (Å²) >= 11 is 11.7. The number of rotatable bonds is 5. The van der Waals surface area contributed by atoms with Crippen molar-refractivity contribution in [2.75, 3.05) is 13.1 Å². The molecule has 0 heterocycles. The third-order valence-corrected chi connectivity index (χ3v) is 2.84. The van der Waals surface area contributed by atoms with E-state index in [9.17, 15) is 4.79 Å². The van der Waals surface area contributed by atoms with Gasteiger partial charge in [0.25, 0.3) is 5.91 Å². The van der Waals surface area contributed by atoms with Gasteiger partial charge >= 0.3 is 0 Å². The van der Waals surface area contributed by atoms with E-state index in [0.29, 0.717) is 22.2 Å². The van der Waals surface area contributed by atoms with Crippen molar-refractivity contribution in [1.29, 1.82) is 0 Å². The van der Waals surface area contributed by atoms with E-state index in [-0.39, 0.29) is 11.9 Å². The van der Waals surface area contributed by atoms with Crippen molar-refractivity contribution in [2.45, 2.75) is 19.9 Å². The van der Waals surface area contributed by atoms with Crippen LogP contribution in [0.4, 0.5) is 0 Å². The largest absolute Gasteiger partial charge is 0.350 e. The Hall–Kier alpha value is -0.770. The normalized spacial score (nSPS) is 12.2. The van der Waals surface area contributed by atoms with E-state index in [2.05, 4.69) is 10.6 Å². The molecule has 0 aromatic heterocycles. The summed E-state index contributed by atoms with van der Waals surface area (Å²) in [7, 11) is 0. The van der Waals surface area contributed by atoms with E-state index < -0.39 is 0 Å². The molecule has 3 nitrogen and oxygen atoms in total. The van der Waals surface area contributed by atoms with E-state index in [1.54, 1.807) is 18.2 Å². The van der Waals surface area contributed by atoms with Crippen molar-refractivity contribution < 1.29 is 4.79 Å². The van der Waals surface area contributed by atoms with Gasteiger partial charge in [-0.2, -0.15) is 0 Å². The molecule has 0 radical (unpaired) electrons. The molecule has 1 aromatic carbocycles. The van der Waals surface area contributed by atoms with Crippen molar-refractivity contribution in [3.8, 4) is 0 Å². The lowest BCUT2D eigenvalue weighted by molar-refractivity contribution is 0.0950. The van der Waals surface area contributed by atoms with Crippen LogP contribution in [0.25, 0.3) is 0 Å². The second-order valence-corrected chi connectivity index (χ2v) is 4.64. The van der Waals surface area contributed by atoms with Crippen LogP contribution in [-0.2, 0) is 0 Å². The molecular formula is C12H16Cl2N2O. The fourth-order valence-corrected chi connectivity index (χ4v) is 1.93. The maximum absolute atomic E-state index is 11.8. The summed E-state index contributed by atoms with van der Waals surface area (Å²) in [5.41, 5.74) is 0.444. The first kappa shape index (κ1) is 14.3. The Morgan fingerprint density at radius 1 is 1.41 bits per heavy atom. The molecule has 0 aliphatic carbocycles. The first-order valence-electron chi connectivity index (χ1n) is 5.51. The molecule has 0 saturated heterocycles. The number of carbonyl (C=O) groups is 1. The molecule has 1 atom stereocenters.